The Morgan fingerprint density at radius 1 is 1.20 bits per heavy atom. The first-order chi connectivity index (χ1) is 21.8. The summed E-state index contributed by atoms with van der Waals surface area (Å²) < 4.78 is 22.7. The van der Waals surface area contributed by atoms with Crippen LogP contribution in [0.3, 0.4) is 0 Å². The number of amides is 1. The van der Waals surface area contributed by atoms with Crippen LogP contribution in [0.25, 0.3) is 0 Å². The molecule has 2 heterocycles. The highest BCUT2D eigenvalue weighted by molar-refractivity contribution is 7.44. The maximum atomic E-state index is 13.4. The van der Waals surface area contributed by atoms with Gasteiger partial charge in [-0.15, -0.1) is 5.54 Å². The molecule has 10 nitrogen and oxygen atoms in total. The summed E-state index contributed by atoms with van der Waals surface area (Å²) in [6.45, 7) is 17.1. The molecule has 1 fully saturated rings. The van der Waals surface area contributed by atoms with Crippen molar-refractivity contribution < 1.29 is 18.6 Å². The Morgan fingerprint density at radius 3 is 2.50 bits per heavy atom. The monoisotopic (exact) mass is 663 g/mol. The van der Waals surface area contributed by atoms with Gasteiger partial charge < -0.3 is 19.1 Å². The summed E-state index contributed by atoms with van der Waals surface area (Å²) in [5.41, 5.74) is 3.53. The number of benzene rings is 1. The van der Waals surface area contributed by atoms with Crippen molar-refractivity contribution in [2.24, 2.45) is 0 Å². The number of anilines is 1. The fraction of sp³-hybridized carbons (Fsp3) is 0.529. The van der Waals surface area contributed by atoms with Gasteiger partial charge in [0, 0.05) is 30.3 Å². The number of carbonyl (C=O) groups is 1. The van der Waals surface area contributed by atoms with Gasteiger partial charge in [-0.1, -0.05) is 62.5 Å². The number of nitrogens with zero attached hydrogens (tertiary/aromatic N) is 4. The average molecular weight is 664 g/mol. The number of ether oxygens (including phenoxy) is 1. The smallest absolute Gasteiger partial charge is 0.351 e. The normalized spacial score (nSPS) is 18.4. The van der Waals surface area contributed by atoms with Crippen LogP contribution in [0.1, 0.15) is 82.5 Å². The lowest BCUT2D eigenvalue weighted by atomic mass is 10.1. The maximum absolute atomic E-state index is 13.4. The summed E-state index contributed by atoms with van der Waals surface area (Å²) in [6.07, 6.45) is 1.91. The van der Waals surface area contributed by atoms with E-state index in [1.807, 2.05) is 13.0 Å². The molecule has 1 aromatic carbocycles. The highest BCUT2D eigenvalue weighted by Gasteiger charge is 2.40. The van der Waals surface area contributed by atoms with E-state index in [0.717, 1.165) is 0 Å². The number of aromatic nitrogens is 2. The molecule has 246 valence electrons. The van der Waals surface area contributed by atoms with Gasteiger partial charge >= 0.3 is 5.69 Å². The van der Waals surface area contributed by atoms with Crippen LogP contribution < -0.4 is 11.0 Å². The van der Waals surface area contributed by atoms with Crippen molar-refractivity contribution in [3.63, 3.8) is 0 Å². The Balaban J connectivity index is 1.94. The van der Waals surface area contributed by atoms with Gasteiger partial charge in [0.15, 0.2) is 5.82 Å². The van der Waals surface area contributed by atoms with E-state index in [-0.39, 0.29) is 43.1 Å². The van der Waals surface area contributed by atoms with Crippen LogP contribution >= 0.6 is 8.53 Å². The van der Waals surface area contributed by atoms with E-state index in [2.05, 4.69) is 91.7 Å². The molecule has 0 aliphatic carbocycles. The molecule has 0 radical (unpaired) electrons. The Morgan fingerprint density at radius 2 is 1.89 bits per heavy atom. The van der Waals surface area contributed by atoms with E-state index >= 15 is 0 Å². The molecule has 1 N–H and O–H groups in total. The molecule has 1 unspecified atom stereocenters. The van der Waals surface area contributed by atoms with Crippen LogP contribution in [-0.4, -0.2) is 59.1 Å². The third kappa shape index (κ3) is 10.9. The van der Waals surface area contributed by atoms with Gasteiger partial charge in [-0.2, -0.15) is 10.2 Å². The number of nitrogens with one attached hydrogen (secondary N) is 1. The van der Waals surface area contributed by atoms with Crippen molar-refractivity contribution in [3.8, 4) is 29.4 Å². The molecule has 1 saturated heterocycles. The quantitative estimate of drug-likeness (QED) is 0.119. The summed E-state index contributed by atoms with van der Waals surface area (Å²) >= 11 is 0. The third-order valence-electron chi connectivity index (χ3n) is 6.86. The van der Waals surface area contributed by atoms with Gasteiger partial charge in [0.2, 0.25) is 0 Å². The lowest BCUT2D eigenvalue weighted by Gasteiger charge is -2.37. The molecular weight excluding hydrogens is 617 g/mol. The molecule has 0 saturated carbocycles. The number of nitriles is 1. The highest BCUT2D eigenvalue weighted by atomic mass is 31.2. The van der Waals surface area contributed by atoms with Crippen LogP contribution in [0.15, 0.2) is 41.3 Å². The molecular formula is C34H46N5O5PSi. The standard InChI is InChI=1S/C34H46N5O5PSi/c1-9-29-30(44-45(42-21-16-20-35)39(25(2)3)26(4)5)23-31(43-29)38-24-28(19-14-11-15-22-46(6,7)8)32(37-34(38)41)36-33(40)27-17-12-10-13-18-27/h10,12-13,17-18,24-26,29-31H,9,11,16,21,23H2,1-8H3,(H,36,37,40,41)/t29-,30-,31-,45?/m1/s1. The zero-order chi connectivity index (χ0) is 33.9. The van der Waals surface area contributed by atoms with Crippen LogP contribution in [0.4, 0.5) is 5.82 Å². The van der Waals surface area contributed by atoms with Gasteiger partial charge in [-0.05, 0) is 46.2 Å². The van der Waals surface area contributed by atoms with Gasteiger partial charge in [-0.3, -0.25) is 9.36 Å². The summed E-state index contributed by atoms with van der Waals surface area (Å²) in [6, 6.07) is 11.1. The van der Waals surface area contributed by atoms with Gasteiger partial charge in [0.05, 0.1) is 43.3 Å². The second-order valence-electron chi connectivity index (χ2n) is 12.5. The lowest BCUT2D eigenvalue weighted by Crippen LogP contribution is -2.35. The zero-order valence-electron chi connectivity index (χ0n) is 28.2. The number of hydrogen-bond acceptors (Lipinski definition) is 8. The number of hydrogen-bond donors (Lipinski definition) is 1. The van der Waals surface area contributed by atoms with Crippen molar-refractivity contribution >= 4 is 28.3 Å². The van der Waals surface area contributed by atoms with Crippen LogP contribution in [0, 0.1) is 34.6 Å². The van der Waals surface area contributed by atoms with Crippen molar-refractivity contribution in [2.45, 2.75) is 110 Å². The second-order valence-corrected chi connectivity index (χ2v) is 18.7. The highest BCUT2D eigenvalue weighted by Crippen LogP contribution is 2.50. The third-order valence-corrected chi connectivity index (χ3v) is 9.95. The fourth-order valence-electron chi connectivity index (χ4n) is 4.88. The Kier molecular flexibility index (Phi) is 14.2. The summed E-state index contributed by atoms with van der Waals surface area (Å²) in [5, 5.41) is 11.8. The molecule has 46 heavy (non-hydrogen) atoms. The van der Waals surface area contributed by atoms with Gasteiger partial charge in [-0.25, -0.2) is 9.46 Å². The molecule has 12 heteroatoms. The van der Waals surface area contributed by atoms with E-state index in [1.54, 1.807) is 30.5 Å². The minimum atomic E-state index is -1.55. The molecule has 0 bridgehead atoms. The second kappa shape index (κ2) is 17.5. The predicted octanol–water partition coefficient (Wildman–Crippen LogP) is 6.48. The Bertz CT molecular complexity index is 1540. The summed E-state index contributed by atoms with van der Waals surface area (Å²) in [5.74, 6) is 8.95. The number of carbonyl (C=O) groups excluding carboxylic acids is 1. The van der Waals surface area contributed by atoms with Crippen molar-refractivity contribution in [1.82, 2.24) is 14.2 Å². The first kappa shape index (κ1) is 37.1. The van der Waals surface area contributed by atoms with E-state index in [0.29, 0.717) is 30.4 Å². The summed E-state index contributed by atoms with van der Waals surface area (Å²) in [4.78, 5) is 30.6. The molecule has 1 aliphatic heterocycles. The molecule has 0 spiro atoms. The summed E-state index contributed by atoms with van der Waals surface area (Å²) in [7, 11) is -3.04. The Labute approximate surface area is 275 Å². The van der Waals surface area contributed by atoms with Crippen molar-refractivity contribution in [1.29, 1.82) is 5.26 Å². The molecule has 1 aliphatic rings. The molecule has 1 amide bonds. The molecule has 2 aromatic rings. The first-order valence-electron chi connectivity index (χ1n) is 15.7. The average Bonchev–Trinajstić information content (AvgIpc) is 3.39. The largest absolute Gasteiger partial charge is 0.352 e. The SMILES string of the molecule is CC[C@H]1O[C@@H](n2cc(C#CCC#C[Si](C)(C)C)c(NC(=O)c3ccccc3)nc2=O)C[C@H]1OP(OCCC#N)N(C(C)C)C(C)C. The van der Waals surface area contributed by atoms with Gasteiger partial charge in [0.1, 0.15) is 14.3 Å². The minimum Gasteiger partial charge on any atom is -0.352 e. The minimum absolute atomic E-state index is 0.0810. The van der Waals surface area contributed by atoms with Gasteiger partial charge in [0.25, 0.3) is 14.4 Å². The fourth-order valence-corrected chi connectivity index (χ4v) is 7.26. The zero-order valence-corrected chi connectivity index (χ0v) is 30.1. The van der Waals surface area contributed by atoms with Crippen molar-refractivity contribution in [2.75, 3.05) is 11.9 Å². The first-order valence-corrected chi connectivity index (χ1v) is 20.4. The van der Waals surface area contributed by atoms with Crippen LogP contribution in [0.2, 0.25) is 19.6 Å². The van der Waals surface area contributed by atoms with Crippen LogP contribution in [-0.2, 0) is 13.8 Å². The molecule has 3 rings (SSSR count). The topological polar surface area (TPSA) is 119 Å². The van der Waals surface area contributed by atoms with E-state index < -0.39 is 34.4 Å². The molecule has 1 aromatic heterocycles. The van der Waals surface area contributed by atoms with Crippen LogP contribution in [0.5, 0.6) is 0 Å². The maximum Gasteiger partial charge on any atom is 0.351 e. The van der Waals surface area contributed by atoms with E-state index in [1.165, 1.54) is 4.57 Å². The van der Waals surface area contributed by atoms with E-state index in [9.17, 15) is 9.59 Å². The van der Waals surface area contributed by atoms with E-state index in [4.69, 9.17) is 19.0 Å². The number of rotatable bonds is 12. The lowest BCUT2D eigenvalue weighted by molar-refractivity contribution is -0.0200. The van der Waals surface area contributed by atoms with Crippen molar-refractivity contribution in [3.05, 3.63) is 58.1 Å². The Hall–Kier alpha value is -3.33. The predicted molar refractivity (Wildman–Crippen MR) is 184 cm³/mol. The molecule has 4 atom stereocenters.